The number of carboxylic acid groups (broad SMARTS) is 1. The summed E-state index contributed by atoms with van der Waals surface area (Å²) in [6.45, 7) is 8.88. The van der Waals surface area contributed by atoms with Crippen molar-refractivity contribution in [2.75, 3.05) is 26.3 Å². The van der Waals surface area contributed by atoms with Gasteiger partial charge in [0.15, 0.2) is 11.7 Å². The third-order valence-corrected chi connectivity index (χ3v) is 7.81. The number of carbonyl (C=O) groups excluding carboxylic acids is 1. The van der Waals surface area contributed by atoms with Crippen LogP contribution in [0, 0.1) is 17.7 Å². The van der Waals surface area contributed by atoms with E-state index in [1.54, 1.807) is 30.8 Å². The topological polar surface area (TPSA) is 118 Å². The lowest BCUT2D eigenvalue weighted by atomic mass is 9.88. The van der Waals surface area contributed by atoms with Crippen LogP contribution in [0.3, 0.4) is 0 Å². The van der Waals surface area contributed by atoms with Crippen LogP contribution in [-0.4, -0.2) is 75.8 Å². The molecule has 1 unspecified atom stereocenters. The Kier molecular flexibility index (Phi) is 9.83. The number of esters is 1. The molecular formula is C29H37ClFN5O5. The van der Waals surface area contributed by atoms with Crippen molar-refractivity contribution in [3.05, 3.63) is 64.1 Å². The fourth-order valence-corrected chi connectivity index (χ4v) is 5.67. The predicted molar refractivity (Wildman–Crippen MR) is 152 cm³/mol. The van der Waals surface area contributed by atoms with Gasteiger partial charge in [-0.05, 0) is 31.4 Å². The number of rotatable bonds is 10. The number of amidine groups is 1. The largest absolute Gasteiger partial charge is 0.481 e. The monoisotopic (exact) mass is 589 g/mol. The van der Waals surface area contributed by atoms with E-state index in [0.717, 1.165) is 0 Å². The second kappa shape index (κ2) is 13.1. The number of benzene rings is 1. The number of aromatic nitrogens is 2. The molecule has 4 rings (SSSR count). The highest BCUT2D eigenvalue weighted by Gasteiger charge is 2.40. The van der Waals surface area contributed by atoms with Gasteiger partial charge in [0.2, 0.25) is 0 Å². The lowest BCUT2D eigenvalue weighted by molar-refractivity contribution is -0.144. The summed E-state index contributed by atoms with van der Waals surface area (Å²) in [5.74, 6) is -1.48. The molecular weight excluding hydrogens is 553 g/mol. The number of ether oxygens (including phenoxy) is 2. The summed E-state index contributed by atoms with van der Waals surface area (Å²) in [7, 11) is 1.83. The summed E-state index contributed by atoms with van der Waals surface area (Å²) in [5.41, 5.74) is 1.22. The quantitative estimate of drug-likeness (QED) is 0.400. The SMILES string of the molecule is CCOC(=O)C1=C(CN2CCO[C@H](C(C)C)[C@H]2CC(C)C(=O)O)NC(c2nccn2C)=N[C@H]1c1ccc(F)cc1Cl. The molecule has 1 aromatic heterocycles. The lowest BCUT2D eigenvalue weighted by Gasteiger charge is -2.44. The van der Waals surface area contributed by atoms with Gasteiger partial charge in [-0.2, -0.15) is 0 Å². The van der Waals surface area contributed by atoms with Crippen LogP contribution in [-0.2, 0) is 26.1 Å². The molecule has 1 saturated heterocycles. The lowest BCUT2D eigenvalue weighted by Crippen LogP contribution is -2.55. The molecule has 0 amide bonds. The maximum atomic E-state index is 14.0. The summed E-state index contributed by atoms with van der Waals surface area (Å²) >= 11 is 6.51. The van der Waals surface area contributed by atoms with Crippen LogP contribution in [0.2, 0.25) is 5.02 Å². The van der Waals surface area contributed by atoms with Crippen molar-refractivity contribution in [2.24, 2.45) is 23.9 Å². The number of aryl methyl sites for hydroxylation is 1. The predicted octanol–water partition coefficient (Wildman–Crippen LogP) is 3.96. The molecule has 2 aliphatic rings. The molecule has 2 aliphatic heterocycles. The van der Waals surface area contributed by atoms with Gasteiger partial charge in [-0.15, -0.1) is 0 Å². The number of carboxylic acids is 1. The van der Waals surface area contributed by atoms with Gasteiger partial charge in [0.1, 0.15) is 11.9 Å². The van der Waals surface area contributed by atoms with Crippen LogP contribution < -0.4 is 5.32 Å². The summed E-state index contributed by atoms with van der Waals surface area (Å²) in [6.07, 6.45) is 3.59. The zero-order valence-electron chi connectivity index (χ0n) is 23.9. The van der Waals surface area contributed by atoms with Gasteiger partial charge >= 0.3 is 11.9 Å². The van der Waals surface area contributed by atoms with Crippen molar-refractivity contribution in [2.45, 2.75) is 52.3 Å². The molecule has 222 valence electrons. The van der Waals surface area contributed by atoms with Gasteiger partial charge in [-0.1, -0.05) is 38.4 Å². The van der Waals surface area contributed by atoms with Gasteiger partial charge in [0.05, 0.1) is 30.8 Å². The molecule has 2 N–H and O–H groups in total. The van der Waals surface area contributed by atoms with Crippen LogP contribution in [0.5, 0.6) is 0 Å². The van der Waals surface area contributed by atoms with Gasteiger partial charge in [0, 0.05) is 54.9 Å². The molecule has 3 heterocycles. The first-order chi connectivity index (χ1) is 19.5. The van der Waals surface area contributed by atoms with E-state index in [-0.39, 0.29) is 41.8 Å². The van der Waals surface area contributed by atoms with E-state index in [4.69, 9.17) is 26.1 Å². The fraction of sp³-hybridized carbons (Fsp3) is 0.517. The standard InChI is InChI=1S/C29H37ClFN5O5/c1-6-40-29(39)23-21(15-36-11-12-41-25(16(2)3)22(36)13-17(4)28(37)38)33-26(27-32-9-10-35(27)5)34-24(23)19-8-7-18(31)14-20(19)30/h7-10,14,16-17,22,24-25H,6,11-13,15H2,1-5H3,(H,33,34)(H,37,38)/t17?,22-,24+,25-/m1/s1. The first-order valence-corrected chi connectivity index (χ1v) is 14.2. The Morgan fingerprint density at radius 1 is 1.32 bits per heavy atom. The van der Waals surface area contributed by atoms with E-state index in [1.165, 1.54) is 18.2 Å². The zero-order chi connectivity index (χ0) is 29.8. The van der Waals surface area contributed by atoms with E-state index >= 15 is 0 Å². The van der Waals surface area contributed by atoms with Crippen molar-refractivity contribution >= 4 is 29.4 Å². The van der Waals surface area contributed by atoms with Crippen molar-refractivity contribution in [1.29, 1.82) is 0 Å². The van der Waals surface area contributed by atoms with E-state index < -0.39 is 29.7 Å². The molecule has 0 spiro atoms. The number of carbonyl (C=O) groups is 2. The molecule has 0 bridgehead atoms. The number of imidazole rings is 1. The Morgan fingerprint density at radius 2 is 2.07 bits per heavy atom. The van der Waals surface area contributed by atoms with Crippen LogP contribution >= 0.6 is 11.6 Å². The van der Waals surface area contributed by atoms with Gasteiger partial charge in [-0.25, -0.2) is 14.2 Å². The van der Waals surface area contributed by atoms with Crippen molar-refractivity contribution in [3.8, 4) is 0 Å². The fourth-order valence-electron chi connectivity index (χ4n) is 5.40. The van der Waals surface area contributed by atoms with Gasteiger partial charge in [-0.3, -0.25) is 14.7 Å². The number of nitrogens with zero attached hydrogens (tertiary/aromatic N) is 4. The molecule has 41 heavy (non-hydrogen) atoms. The first-order valence-electron chi connectivity index (χ1n) is 13.8. The molecule has 10 nitrogen and oxygen atoms in total. The minimum Gasteiger partial charge on any atom is -0.481 e. The minimum atomic E-state index is -0.900. The first kappa shape index (κ1) is 30.7. The van der Waals surface area contributed by atoms with Crippen molar-refractivity contribution < 1.29 is 28.6 Å². The second-order valence-corrected chi connectivity index (χ2v) is 11.1. The Balaban J connectivity index is 1.84. The molecule has 12 heteroatoms. The molecule has 1 aromatic carbocycles. The smallest absolute Gasteiger partial charge is 0.338 e. The number of hydrogen-bond acceptors (Lipinski definition) is 8. The van der Waals surface area contributed by atoms with Crippen LogP contribution in [0.25, 0.3) is 0 Å². The number of aliphatic carboxylic acids is 1. The highest BCUT2D eigenvalue weighted by molar-refractivity contribution is 6.31. The molecule has 2 aromatic rings. The number of aliphatic imine (C=N–C) groups is 1. The zero-order valence-corrected chi connectivity index (χ0v) is 24.7. The number of morpholine rings is 1. The average molecular weight is 590 g/mol. The van der Waals surface area contributed by atoms with E-state index in [1.807, 2.05) is 20.9 Å². The average Bonchev–Trinajstić information content (AvgIpc) is 3.34. The van der Waals surface area contributed by atoms with Crippen LogP contribution in [0.1, 0.15) is 51.5 Å². The van der Waals surface area contributed by atoms with Crippen LogP contribution in [0.15, 0.2) is 46.9 Å². The van der Waals surface area contributed by atoms with E-state index in [0.29, 0.717) is 42.5 Å². The molecule has 0 saturated carbocycles. The maximum Gasteiger partial charge on any atom is 0.338 e. The number of hydrogen-bond donors (Lipinski definition) is 2. The van der Waals surface area contributed by atoms with Crippen molar-refractivity contribution in [3.63, 3.8) is 0 Å². The molecule has 0 aliphatic carbocycles. The third-order valence-electron chi connectivity index (χ3n) is 7.48. The second-order valence-electron chi connectivity index (χ2n) is 10.7. The summed E-state index contributed by atoms with van der Waals surface area (Å²) < 4.78 is 27.4. The molecule has 4 atom stereocenters. The highest BCUT2D eigenvalue weighted by Crippen LogP contribution is 2.37. The molecule has 0 radical (unpaired) electrons. The minimum absolute atomic E-state index is 0.125. The summed E-state index contributed by atoms with van der Waals surface area (Å²) in [6, 6.07) is 2.86. The van der Waals surface area contributed by atoms with Gasteiger partial charge < -0.3 is 24.5 Å². The Labute approximate surface area is 244 Å². The van der Waals surface area contributed by atoms with Crippen LogP contribution in [0.4, 0.5) is 4.39 Å². The Hall–Kier alpha value is -3.28. The van der Waals surface area contributed by atoms with E-state index in [2.05, 4.69) is 15.2 Å². The van der Waals surface area contributed by atoms with Gasteiger partial charge in [0.25, 0.3) is 0 Å². The van der Waals surface area contributed by atoms with E-state index in [9.17, 15) is 19.1 Å². The maximum absolute atomic E-state index is 14.0. The number of nitrogens with one attached hydrogen (secondary N) is 1. The summed E-state index contributed by atoms with van der Waals surface area (Å²) in [5, 5.41) is 13.1. The highest BCUT2D eigenvalue weighted by atomic mass is 35.5. The van der Waals surface area contributed by atoms with Crippen molar-refractivity contribution in [1.82, 2.24) is 19.8 Å². The summed E-state index contributed by atoms with van der Waals surface area (Å²) in [4.78, 5) is 36.8. The number of halogens is 2. The third kappa shape index (κ3) is 6.79. The normalized spacial score (nSPS) is 22.3. The Morgan fingerprint density at radius 3 is 2.68 bits per heavy atom. The Bertz CT molecular complexity index is 1340. The molecule has 1 fully saturated rings.